The van der Waals surface area contributed by atoms with Crippen molar-refractivity contribution in [1.29, 1.82) is 0 Å². The van der Waals surface area contributed by atoms with Crippen LogP contribution in [0.25, 0.3) is 0 Å². The lowest BCUT2D eigenvalue weighted by Crippen LogP contribution is -2.01. The molecule has 2 aromatic rings. The molecule has 5 heteroatoms. The van der Waals surface area contributed by atoms with Crippen LogP contribution in [-0.4, -0.2) is 5.11 Å². The Morgan fingerprint density at radius 2 is 1.61 bits per heavy atom. The van der Waals surface area contributed by atoms with Crippen molar-refractivity contribution >= 4 is 59.4 Å². The van der Waals surface area contributed by atoms with Crippen LogP contribution >= 0.6 is 59.4 Å². The minimum absolute atomic E-state index is 0.631. The zero-order chi connectivity index (χ0) is 13.3. The lowest BCUT2D eigenvalue weighted by molar-refractivity contribution is 0.218. The molecule has 0 saturated heterocycles. The highest BCUT2D eigenvalue weighted by Crippen LogP contribution is 2.35. The van der Waals surface area contributed by atoms with Gasteiger partial charge in [-0.25, -0.2) is 0 Å². The highest BCUT2D eigenvalue weighted by Gasteiger charge is 2.16. The first kappa shape index (κ1) is 14.5. The van der Waals surface area contributed by atoms with Gasteiger partial charge in [-0.2, -0.15) is 0 Å². The first-order valence-corrected chi connectivity index (χ1v) is 7.82. The number of aliphatic hydroxyl groups is 1. The van der Waals surface area contributed by atoms with Crippen LogP contribution in [0.2, 0.25) is 5.02 Å². The molecule has 2 rings (SSSR count). The van der Waals surface area contributed by atoms with Gasteiger partial charge in [0.15, 0.2) is 0 Å². The molecular weight excluding hydrogens is 447 g/mol. The second kappa shape index (κ2) is 6.06. The van der Waals surface area contributed by atoms with Gasteiger partial charge in [0, 0.05) is 24.0 Å². The van der Waals surface area contributed by atoms with Gasteiger partial charge in [-0.15, -0.1) is 0 Å². The van der Waals surface area contributed by atoms with E-state index < -0.39 is 6.10 Å². The van der Waals surface area contributed by atoms with Crippen molar-refractivity contribution in [3.63, 3.8) is 0 Å². The zero-order valence-electron chi connectivity index (χ0n) is 9.00. The zero-order valence-corrected chi connectivity index (χ0v) is 14.5. The summed E-state index contributed by atoms with van der Waals surface area (Å²) in [5, 5.41) is 11.1. The summed E-state index contributed by atoms with van der Waals surface area (Å²) in [5.41, 5.74) is 1.57. The molecule has 0 radical (unpaired) electrons. The van der Waals surface area contributed by atoms with Gasteiger partial charge >= 0.3 is 0 Å². The maximum Gasteiger partial charge on any atom is 0.106 e. The third-order valence-electron chi connectivity index (χ3n) is 2.51. The van der Waals surface area contributed by atoms with E-state index in [1.807, 2.05) is 24.3 Å². The molecule has 1 N–H and O–H groups in total. The Balaban J connectivity index is 2.47. The molecule has 1 nitrogen and oxygen atoms in total. The Morgan fingerprint density at radius 1 is 0.889 bits per heavy atom. The number of hydrogen-bond donors (Lipinski definition) is 1. The number of aliphatic hydroxyl groups excluding tert-OH is 1. The quantitative estimate of drug-likeness (QED) is 0.615. The van der Waals surface area contributed by atoms with E-state index in [0.29, 0.717) is 5.02 Å². The van der Waals surface area contributed by atoms with E-state index in [9.17, 15) is 5.11 Å². The molecule has 0 amide bonds. The average molecular weight is 455 g/mol. The summed E-state index contributed by atoms with van der Waals surface area (Å²) in [5.74, 6) is 0. The van der Waals surface area contributed by atoms with Crippen LogP contribution in [0.15, 0.2) is 49.8 Å². The van der Waals surface area contributed by atoms with E-state index in [1.165, 1.54) is 0 Å². The number of halogens is 4. The SMILES string of the molecule is OC(c1ccc(Cl)cc1Br)c1cc(Br)ccc1Br. The first-order chi connectivity index (χ1) is 8.49. The topological polar surface area (TPSA) is 20.2 Å². The van der Waals surface area contributed by atoms with Gasteiger partial charge in [0.25, 0.3) is 0 Å². The molecule has 0 aliphatic rings. The summed E-state index contributed by atoms with van der Waals surface area (Å²) in [4.78, 5) is 0. The predicted octanol–water partition coefficient (Wildman–Crippen LogP) is 5.71. The Labute approximate surface area is 136 Å². The summed E-state index contributed by atoms with van der Waals surface area (Å²) < 4.78 is 2.57. The van der Waals surface area contributed by atoms with Crippen LogP contribution < -0.4 is 0 Å². The van der Waals surface area contributed by atoms with Gasteiger partial charge in [-0.05, 0) is 35.9 Å². The van der Waals surface area contributed by atoms with Gasteiger partial charge in [0.05, 0.1) is 0 Å². The molecule has 0 fully saturated rings. The number of rotatable bonds is 2. The second-order valence-corrected chi connectivity index (χ2v) is 6.79. The summed E-state index contributed by atoms with van der Waals surface area (Å²) in [6.07, 6.45) is -0.719. The molecule has 0 aromatic heterocycles. The van der Waals surface area contributed by atoms with Crippen LogP contribution in [0.1, 0.15) is 17.2 Å². The van der Waals surface area contributed by atoms with Crippen molar-refractivity contribution in [2.24, 2.45) is 0 Å². The standard InChI is InChI=1S/C13H8Br3ClO/c14-7-1-4-11(15)10(5-7)13(18)9-3-2-8(17)6-12(9)16/h1-6,13,18H. The smallest absolute Gasteiger partial charge is 0.106 e. The van der Waals surface area contributed by atoms with Crippen molar-refractivity contribution in [3.05, 3.63) is 66.0 Å². The lowest BCUT2D eigenvalue weighted by atomic mass is 10.0. The fourth-order valence-corrected chi connectivity index (χ4v) is 3.36. The molecule has 94 valence electrons. The van der Waals surface area contributed by atoms with Crippen molar-refractivity contribution < 1.29 is 5.11 Å². The molecule has 0 aliphatic carbocycles. The Morgan fingerprint density at radius 3 is 2.28 bits per heavy atom. The van der Waals surface area contributed by atoms with Crippen LogP contribution in [0.3, 0.4) is 0 Å². The van der Waals surface area contributed by atoms with Crippen molar-refractivity contribution in [1.82, 2.24) is 0 Å². The molecule has 0 bridgehead atoms. The van der Waals surface area contributed by atoms with Gasteiger partial charge in [0.2, 0.25) is 0 Å². The maximum atomic E-state index is 10.4. The highest BCUT2D eigenvalue weighted by atomic mass is 79.9. The molecule has 0 aliphatic heterocycles. The fraction of sp³-hybridized carbons (Fsp3) is 0.0769. The van der Waals surface area contributed by atoms with E-state index in [2.05, 4.69) is 47.8 Å². The molecule has 2 aromatic carbocycles. The monoisotopic (exact) mass is 452 g/mol. The fourth-order valence-electron chi connectivity index (χ4n) is 1.61. The normalized spacial score (nSPS) is 12.5. The van der Waals surface area contributed by atoms with Gasteiger partial charge in [-0.3, -0.25) is 0 Å². The summed E-state index contributed by atoms with van der Waals surface area (Å²) in [6.45, 7) is 0. The van der Waals surface area contributed by atoms with Crippen LogP contribution in [0.5, 0.6) is 0 Å². The third kappa shape index (κ3) is 3.17. The summed E-state index contributed by atoms with van der Waals surface area (Å²) in [6, 6.07) is 11.0. The first-order valence-electron chi connectivity index (χ1n) is 5.07. The number of hydrogen-bond acceptors (Lipinski definition) is 1. The summed E-state index contributed by atoms with van der Waals surface area (Å²) >= 11 is 16.2. The van der Waals surface area contributed by atoms with Gasteiger partial charge in [0.1, 0.15) is 6.10 Å². The van der Waals surface area contributed by atoms with Crippen molar-refractivity contribution in [2.75, 3.05) is 0 Å². The minimum Gasteiger partial charge on any atom is -0.384 e. The van der Waals surface area contributed by atoms with Crippen LogP contribution in [-0.2, 0) is 0 Å². The van der Waals surface area contributed by atoms with Crippen LogP contribution in [0, 0.1) is 0 Å². The van der Waals surface area contributed by atoms with E-state index in [4.69, 9.17) is 11.6 Å². The molecule has 0 saturated carbocycles. The Hall–Kier alpha value is 0.130. The van der Waals surface area contributed by atoms with Gasteiger partial charge < -0.3 is 5.11 Å². The molecule has 0 heterocycles. The molecule has 1 unspecified atom stereocenters. The third-order valence-corrected chi connectivity index (χ3v) is 4.65. The maximum absolute atomic E-state index is 10.4. The minimum atomic E-state index is -0.719. The van der Waals surface area contributed by atoms with E-state index in [0.717, 1.165) is 24.5 Å². The van der Waals surface area contributed by atoms with Crippen LogP contribution in [0.4, 0.5) is 0 Å². The highest BCUT2D eigenvalue weighted by molar-refractivity contribution is 9.11. The molecule has 18 heavy (non-hydrogen) atoms. The largest absolute Gasteiger partial charge is 0.384 e. The summed E-state index contributed by atoms with van der Waals surface area (Å²) in [7, 11) is 0. The van der Waals surface area contributed by atoms with Crippen molar-refractivity contribution in [3.8, 4) is 0 Å². The predicted molar refractivity (Wildman–Crippen MR) is 85.1 cm³/mol. The van der Waals surface area contributed by atoms with E-state index >= 15 is 0 Å². The van der Waals surface area contributed by atoms with E-state index in [1.54, 1.807) is 12.1 Å². The number of benzene rings is 2. The second-order valence-electron chi connectivity index (χ2n) is 3.73. The Kier molecular flexibility index (Phi) is 4.89. The average Bonchev–Trinajstić information content (AvgIpc) is 2.31. The lowest BCUT2D eigenvalue weighted by Gasteiger charge is -2.15. The van der Waals surface area contributed by atoms with Crippen molar-refractivity contribution in [2.45, 2.75) is 6.10 Å². The van der Waals surface area contributed by atoms with Gasteiger partial charge in [-0.1, -0.05) is 65.5 Å². The Bertz CT molecular complexity index is 586. The molecule has 0 spiro atoms. The molecular formula is C13H8Br3ClO. The molecule has 1 atom stereocenters. The van der Waals surface area contributed by atoms with E-state index in [-0.39, 0.29) is 0 Å².